The van der Waals surface area contributed by atoms with E-state index >= 15 is 0 Å². The number of nitrogens with zero attached hydrogens (tertiary/aromatic N) is 1. The van der Waals surface area contributed by atoms with Gasteiger partial charge in [0.05, 0.1) is 0 Å². The highest BCUT2D eigenvalue weighted by Crippen LogP contribution is 2.15. The Hall–Kier alpha value is -0.860. The van der Waals surface area contributed by atoms with Crippen molar-refractivity contribution in [2.75, 3.05) is 0 Å². The highest BCUT2D eigenvalue weighted by Gasteiger charge is 2.05. The van der Waals surface area contributed by atoms with Crippen LogP contribution in [0, 0.1) is 0 Å². The van der Waals surface area contributed by atoms with Crippen LogP contribution in [0.3, 0.4) is 0 Å². The highest BCUT2D eigenvalue weighted by molar-refractivity contribution is 5.86. The first-order valence-electron chi connectivity index (χ1n) is 12.2. The molecule has 0 saturated heterocycles. The van der Waals surface area contributed by atoms with Gasteiger partial charge >= 0.3 is 0 Å². The number of hydrogen-bond acceptors (Lipinski definition) is 2. The van der Waals surface area contributed by atoms with Gasteiger partial charge in [0.25, 0.3) is 0 Å². The number of hydrazone groups is 1. The second-order valence-corrected chi connectivity index (χ2v) is 8.47. The average Bonchev–Trinajstić information content (AvgIpc) is 2.66. The Morgan fingerprint density at radius 2 is 1.15 bits per heavy atom. The van der Waals surface area contributed by atoms with Crippen LogP contribution in [0.2, 0.25) is 0 Å². The lowest BCUT2D eigenvalue weighted by atomic mass is 10.00. The average molecular weight is 379 g/mol. The molecule has 1 aliphatic rings. The van der Waals surface area contributed by atoms with Crippen LogP contribution < -0.4 is 5.43 Å². The first-order chi connectivity index (χ1) is 13.3. The van der Waals surface area contributed by atoms with E-state index in [4.69, 9.17) is 0 Å². The van der Waals surface area contributed by atoms with Crippen LogP contribution in [-0.2, 0) is 4.79 Å². The van der Waals surface area contributed by atoms with Gasteiger partial charge < -0.3 is 0 Å². The minimum Gasteiger partial charge on any atom is -0.273 e. The lowest BCUT2D eigenvalue weighted by Gasteiger charge is -2.10. The molecular formula is C24H46N2O. The van der Waals surface area contributed by atoms with E-state index in [1.54, 1.807) is 0 Å². The summed E-state index contributed by atoms with van der Waals surface area (Å²) in [6.45, 7) is 2.26. The molecular weight excluding hydrogens is 332 g/mol. The maximum Gasteiger partial charge on any atom is 0.240 e. The molecule has 0 atom stereocenters. The summed E-state index contributed by atoms with van der Waals surface area (Å²) in [5, 5.41) is 4.49. The van der Waals surface area contributed by atoms with E-state index in [-0.39, 0.29) is 5.91 Å². The lowest BCUT2D eigenvalue weighted by molar-refractivity contribution is -0.121. The number of hydrogen-bond donors (Lipinski definition) is 1. The van der Waals surface area contributed by atoms with E-state index in [1.165, 1.54) is 115 Å². The summed E-state index contributed by atoms with van der Waals surface area (Å²) in [7, 11) is 0. The fourth-order valence-corrected chi connectivity index (χ4v) is 3.93. The van der Waals surface area contributed by atoms with Gasteiger partial charge in [0.1, 0.15) is 0 Å². The quantitative estimate of drug-likeness (QED) is 0.290. The van der Waals surface area contributed by atoms with Gasteiger partial charge in [0, 0.05) is 12.1 Å². The van der Waals surface area contributed by atoms with E-state index in [0.29, 0.717) is 6.42 Å². The van der Waals surface area contributed by atoms with Gasteiger partial charge in [0.2, 0.25) is 5.91 Å². The molecule has 3 heteroatoms. The van der Waals surface area contributed by atoms with Crippen molar-refractivity contribution in [3.05, 3.63) is 0 Å². The maximum absolute atomic E-state index is 12.1. The molecule has 0 aliphatic heterocycles. The smallest absolute Gasteiger partial charge is 0.240 e. The van der Waals surface area contributed by atoms with E-state index in [1.807, 2.05) is 0 Å². The Kier molecular flexibility index (Phi) is 16.6. The van der Waals surface area contributed by atoms with Crippen LogP contribution >= 0.6 is 0 Å². The van der Waals surface area contributed by atoms with Gasteiger partial charge in [-0.1, -0.05) is 103 Å². The summed E-state index contributed by atoms with van der Waals surface area (Å²) < 4.78 is 0. The molecule has 0 aromatic heterocycles. The van der Waals surface area contributed by atoms with Gasteiger partial charge in [-0.3, -0.25) is 4.79 Å². The Bertz CT molecular complexity index is 365. The molecule has 1 fully saturated rings. The summed E-state index contributed by atoms with van der Waals surface area (Å²) in [4.78, 5) is 12.1. The zero-order valence-electron chi connectivity index (χ0n) is 18.2. The molecule has 158 valence electrons. The summed E-state index contributed by atoms with van der Waals surface area (Å²) in [6, 6.07) is 0. The first-order valence-corrected chi connectivity index (χ1v) is 12.2. The molecule has 27 heavy (non-hydrogen) atoms. The summed E-state index contributed by atoms with van der Waals surface area (Å²) >= 11 is 0. The van der Waals surface area contributed by atoms with Crippen LogP contribution in [0.1, 0.15) is 142 Å². The molecule has 0 spiro atoms. The topological polar surface area (TPSA) is 41.5 Å². The van der Waals surface area contributed by atoms with Gasteiger partial charge in [-0.25, -0.2) is 5.43 Å². The standard InChI is InChI=1S/C24H46N2O/c1-2-3-4-5-6-8-13-16-19-22-24(27)26-25-23-20-17-14-11-9-7-10-12-15-18-21-23/h2-22H2,1H3,(H,26,27). The molecule has 1 amide bonds. The SMILES string of the molecule is CCCCCCCCCCCC(=O)NN=C1CCCCCCCCCCC1. The molecule has 3 nitrogen and oxygen atoms in total. The van der Waals surface area contributed by atoms with Crippen LogP contribution in [0.25, 0.3) is 0 Å². The predicted molar refractivity (Wildman–Crippen MR) is 118 cm³/mol. The van der Waals surface area contributed by atoms with Crippen molar-refractivity contribution in [2.24, 2.45) is 5.10 Å². The minimum absolute atomic E-state index is 0.108. The third-order valence-corrected chi connectivity index (χ3v) is 5.78. The lowest BCUT2D eigenvalue weighted by Crippen LogP contribution is -2.19. The molecule has 0 unspecified atom stereocenters. The molecule has 1 N–H and O–H groups in total. The number of unbranched alkanes of at least 4 members (excludes halogenated alkanes) is 8. The number of amides is 1. The van der Waals surface area contributed by atoms with Gasteiger partial charge in [-0.15, -0.1) is 0 Å². The zero-order valence-corrected chi connectivity index (χ0v) is 18.2. The Morgan fingerprint density at radius 3 is 1.67 bits per heavy atom. The van der Waals surface area contributed by atoms with E-state index in [2.05, 4.69) is 17.5 Å². The summed E-state index contributed by atoms with van der Waals surface area (Å²) in [5.74, 6) is 0.108. The molecule has 0 aromatic rings. The van der Waals surface area contributed by atoms with Crippen LogP contribution in [0.5, 0.6) is 0 Å². The van der Waals surface area contributed by atoms with Crippen molar-refractivity contribution in [3.8, 4) is 0 Å². The van der Waals surface area contributed by atoms with Gasteiger partial charge in [0.15, 0.2) is 0 Å². The Labute approximate surface area is 169 Å². The number of carbonyl (C=O) groups is 1. The second-order valence-electron chi connectivity index (χ2n) is 8.47. The predicted octanol–water partition coefficient (Wildman–Crippen LogP) is 7.68. The second kappa shape index (κ2) is 18.5. The molecule has 0 radical (unpaired) electrons. The third kappa shape index (κ3) is 15.9. The van der Waals surface area contributed by atoms with E-state index < -0.39 is 0 Å². The van der Waals surface area contributed by atoms with Crippen LogP contribution in [-0.4, -0.2) is 11.6 Å². The van der Waals surface area contributed by atoms with Crippen molar-refractivity contribution in [1.29, 1.82) is 0 Å². The Balaban J connectivity index is 2.10. The Morgan fingerprint density at radius 1 is 0.704 bits per heavy atom. The summed E-state index contributed by atoms with van der Waals surface area (Å²) in [6.07, 6.45) is 26.4. The maximum atomic E-state index is 12.1. The van der Waals surface area contributed by atoms with Crippen LogP contribution in [0.4, 0.5) is 0 Å². The monoisotopic (exact) mass is 378 g/mol. The molecule has 1 saturated carbocycles. The summed E-state index contributed by atoms with van der Waals surface area (Å²) in [5.41, 5.74) is 4.06. The fraction of sp³-hybridized carbons (Fsp3) is 0.917. The zero-order chi connectivity index (χ0) is 19.4. The number of carbonyl (C=O) groups excluding carboxylic acids is 1. The normalized spacial score (nSPS) is 17.0. The van der Waals surface area contributed by atoms with Gasteiger partial charge in [-0.2, -0.15) is 5.10 Å². The molecule has 0 bridgehead atoms. The number of rotatable bonds is 11. The molecule has 0 heterocycles. The molecule has 1 rings (SSSR count). The fourth-order valence-electron chi connectivity index (χ4n) is 3.93. The van der Waals surface area contributed by atoms with Crippen LogP contribution in [0.15, 0.2) is 5.10 Å². The van der Waals surface area contributed by atoms with Gasteiger partial charge in [-0.05, 0) is 32.1 Å². The minimum atomic E-state index is 0.108. The third-order valence-electron chi connectivity index (χ3n) is 5.78. The van der Waals surface area contributed by atoms with Crippen molar-refractivity contribution in [1.82, 2.24) is 5.43 Å². The van der Waals surface area contributed by atoms with Crippen molar-refractivity contribution in [2.45, 2.75) is 142 Å². The number of nitrogens with one attached hydrogen (secondary N) is 1. The molecule has 0 aromatic carbocycles. The first kappa shape index (κ1) is 24.2. The largest absolute Gasteiger partial charge is 0.273 e. The van der Waals surface area contributed by atoms with E-state index in [0.717, 1.165) is 19.3 Å². The van der Waals surface area contributed by atoms with Crippen molar-refractivity contribution >= 4 is 11.6 Å². The highest BCUT2D eigenvalue weighted by atomic mass is 16.2. The van der Waals surface area contributed by atoms with Crippen molar-refractivity contribution in [3.63, 3.8) is 0 Å². The molecule has 1 aliphatic carbocycles. The van der Waals surface area contributed by atoms with E-state index in [9.17, 15) is 4.79 Å². The van der Waals surface area contributed by atoms with Crippen molar-refractivity contribution < 1.29 is 4.79 Å².